The number of nitrogens with zero attached hydrogens (tertiary/aromatic N) is 2. The first-order valence-electron chi connectivity index (χ1n) is 13.5. The largest absolute Gasteiger partial charge is 0.370 e. The molecule has 2 aromatic heterocycles. The van der Waals surface area contributed by atoms with E-state index in [0.29, 0.717) is 40.6 Å². The van der Waals surface area contributed by atoms with Crippen LogP contribution in [-0.2, 0) is 13.0 Å². The maximum Gasteiger partial charge on any atom is 0.354 e. The Bertz CT molecular complexity index is 1570. The molecule has 4 aromatic rings. The van der Waals surface area contributed by atoms with Crippen LogP contribution in [0.1, 0.15) is 43.7 Å². The lowest BCUT2D eigenvalue weighted by atomic mass is 9.86. The number of rotatable bonds is 10. The molecule has 0 spiro atoms. The van der Waals surface area contributed by atoms with Crippen molar-refractivity contribution in [2.24, 2.45) is 11.5 Å². The van der Waals surface area contributed by atoms with Gasteiger partial charge in [-0.05, 0) is 80.5 Å². The van der Waals surface area contributed by atoms with Gasteiger partial charge in [0.1, 0.15) is 5.65 Å². The molecule has 2 aromatic carbocycles. The molecule has 0 saturated heterocycles. The molecule has 0 radical (unpaired) electrons. The summed E-state index contributed by atoms with van der Waals surface area (Å²) in [4.78, 5) is 20.2. The Balaban J connectivity index is 1.31. The number of benzene rings is 2. The van der Waals surface area contributed by atoms with Gasteiger partial charge in [0.2, 0.25) is 0 Å². The van der Waals surface area contributed by atoms with Gasteiger partial charge in [-0.15, -0.1) is 0 Å². The van der Waals surface area contributed by atoms with Gasteiger partial charge < -0.3 is 27.1 Å². The second-order valence-electron chi connectivity index (χ2n) is 10.7. The summed E-state index contributed by atoms with van der Waals surface area (Å²) in [5.74, 6) is -0.511. The number of hydrogen-bond donors (Lipinski definition) is 6. The molecule has 0 bridgehead atoms. The number of H-pyrrole nitrogens is 1. The molecule has 0 aliphatic heterocycles. The third kappa shape index (κ3) is 6.35. The number of nitrogens with two attached hydrogens (primary N) is 2. The van der Waals surface area contributed by atoms with E-state index in [1.807, 2.05) is 31.2 Å². The number of nitrogens with one attached hydrogen (secondary N) is 4. The summed E-state index contributed by atoms with van der Waals surface area (Å²) in [6.07, 6.45) is 6.03. The van der Waals surface area contributed by atoms with E-state index < -0.39 is 11.5 Å². The van der Waals surface area contributed by atoms with Gasteiger partial charge >= 0.3 is 5.69 Å². The van der Waals surface area contributed by atoms with Gasteiger partial charge in [0, 0.05) is 41.8 Å². The topological polar surface area (TPSA) is 151 Å². The molecule has 1 atom stereocenters. The summed E-state index contributed by atoms with van der Waals surface area (Å²) in [5.41, 5.74) is 14.7. The van der Waals surface area contributed by atoms with Gasteiger partial charge in [0.05, 0.1) is 16.4 Å². The number of aryl methyl sites for hydroxylation is 1. The smallest absolute Gasteiger partial charge is 0.354 e. The van der Waals surface area contributed by atoms with Crippen LogP contribution in [0.2, 0.25) is 5.02 Å². The van der Waals surface area contributed by atoms with Crippen molar-refractivity contribution < 1.29 is 4.39 Å². The van der Waals surface area contributed by atoms with Crippen LogP contribution in [0.15, 0.2) is 53.5 Å². The molecular weight excluding hydrogens is 531 g/mol. The highest BCUT2D eigenvalue weighted by Crippen LogP contribution is 2.31. The molecular formula is C29H34ClFN8O. The second-order valence-corrected chi connectivity index (χ2v) is 11.1. The molecule has 0 amide bonds. The fraction of sp³-hybridized carbons (Fsp3) is 0.345. The van der Waals surface area contributed by atoms with E-state index in [1.54, 1.807) is 24.4 Å². The number of aromatic nitrogens is 3. The third-order valence-corrected chi connectivity index (χ3v) is 7.59. The van der Waals surface area contributed by atoms with Crippen molar-refractivity contribution in [1.82, 2.24) is 25.2 Å². The van der Waals surface area contributed by atoms with E-state index in [1.165, 1.54) is 4.57 Å². The Morgan fingerprint density at radius 1 is 1.23 bits per heavy atom. The summed E-state index contributed by atoms with van der Waals surface area (Å²) in [5, 5.41) is 14.5. The van der Waals surface area contributed by atoms with Gasteiger partial charge in [-0.1, -0.05) is 23.7 Å². The Kier molecular flexibility index (Phi) is 8.20. The Morgan fingerprint density at radius 2 is 1.98 bits per heavy atom. The molecule has 1 saturated carbocycles. The number of hydrogen-bond acceptors (Lipinski definition) is 5. The highest BCUT2D eigenvalue weighted by Gasteiger charge is 2.28. The highest BCUT2D eigenvalue weighted by molar-refractivity contribution is 6.31. The van der Waals surface area contributed by atoms with Gasteiger partial charge in [0.15, 0.2) is 11.8 Å². The summed E-state index contributed by atoms with van der Waals surface area (Å²) < 4.78 is 16.5. The van der Waals surface area contributed by atoms with Crippen LogP contribution in [0.5, 0.6) is 0 Å². The van der Waals surface area contributed by atoms with Gasteiger partial charge in [-0.25, -0.2) is 9.18 Å². The van der Waals surface area contributed by atoms with E-state index in [2.05, 4.69) is 20.6 Å². The lowest BCUT2D eigenvalue weighted by Crippen LogP contribution is -2.53. The van der Waals surface area contributed by atoms with E-state index in [-0.39, 0.29) is 23.1 Å². The fourth-order valence-electron chi connectivity index (χ4n) is 5.10. The van der Waals surface area contributed by atoms with Crippen molar-refractivity contribution in [2.45, 2.75) is 63.7 Å². The quantitative estimate of drug-likeness (QED) is 0.127. The van der Waals surface area contributed by atoms with Crippen LogP contribution in [0, 0.1) is 11.2 Å². The summed E-state index contributed by atoms with van der Waals surface area (Å²) >= 11 is 6.22. The lowest BCUT2D eigenvalue weighted by Gasteiger charge is -2.36. The molecule has 11 heteroatoms. The minimum absolute atomic E-state index is 0.00681. The maximum absolute atomic E-state index is 15.0. The molecule has 40 heavy (non-hydrogen) atoms. The maximum atomic E-state index is 15.0. The number of guanidine groups is 1. The molecule has 5 rings (SSSR count). The first-order chi connectivity index (χ1) is 19.2. The highest BCUT2D eigenvalue weighted by atomic mass is 35.5. The monoisotopic (exact) mass is 564 g/mol. The summed E-state index contributed by atoms with van der Waals surface area (Å²) in [6, 6.07) is 13.7. The van der Waals surface area contributed by atoms with Crippen molar-refractivity contribution in [3.05, 3.63) is 81.1 Å². The average Bonchev–Trinajstić information content (AvgIpc) is 3.29. The average molecular weight is 565 g/mol. The van der Waals surface area contributed by atoms with E-state index in [0.717, 1.165) is 43.2 Å². The molecule has 1 fully saturated rings. The molecule has 1 aliphatic carbocycles. The second kappa shape index (κ2) is 11.8. The number of fused-ring (bicyclic) bond motifs is 1. The normalized spacial score (nSPS) is 17.5. The first-order valence-corrected chi connectivity index (χ1v) is 13.8. The third-order valence-electron chi connectivity index (χ3n) is 7.32. The number of aromatic amines is 1. The van der Waals surface area contributed by atoms with Gasteiger partial charge in [-0.2, -0.15) is 4.98 Å². The first kappa shape index (κ1) is 27.8. The van der Waals surface area contributed by atoms with Crippen molar-refractivity contribution in [3.8, 4) is 16.9 Å². The van der Waals surface area contributed by atoms with Crippen molar-refractivity contribution in [1.29, 1.82) is 5.41 Å². The Labute approximate surface area is 236 Å². The van der Waals surface area contributed by atoms with E-state index in [9.17, 15) is 4.79 Å². The minimum Gasteiger partial charge on any atom is -0.370 e. The van der Waals surface area contributed by atoms with Crippen molar-refractivity contribution in [3.63, 3.8) is 0 Å². The van der Waals surface area contributed by atoms with Crippen LogP contribution < -0.4 is 27.8 Å². The predicted molar refractivity (Wildman–Crippen MR) is 157 cm³/mol. The van der Waals surface area contributed by atoms with Crippen LogP contribution in [0.4, 0.5) is 4.39 Å². The van der Waals surface area contributed by atoms with E-state index >= 15 is 4.39 Å². The van der Waals surface area contributed by atoms with Gasteiger partial charge in [0.25, 0.3) is 0 Å². The molecule has 8 N–H and O–H groups in total. The fourth-order valence-corrected chi connectivity index (χ4v) is 5.34. The van der Waals surface area contributed by atoms with Gasteiger partial charge in [-0.3, -0.25) is 9.98 Å². The zero-order valence-electron chi connectivity index (χ0n) is 22.3. The SMILES string of the molecule is C[C@H](N)CCCc1cc(Cl)c(F)c(-c2cc3cn(-c4ccc(CNC5CC(NC(=N)N)C5)cc4)c(=O)nc3[nH]2)c1. The van der Waals surface area contributed by atoms with E-state index in [4.69, 9.17) is 28.5 Å². The minimum atomic E-state index is -0.517. The molecule has 210 valence electrons. The van der Waals surface area contributed by atoms with Crippen LogP contribution >= 0.6 is 11.6 Å². The van der Waals surface area contributed by atoms with Crippen LogP contribution in [0.3, 0.4) is 0 Å². The van der Waals surface area contributed by atoms with Crippen LogP contribution in [-0.4, -0.2) is 38.6 Å². The predicted octanol–water partition coefficient (Wildman–Crippen LogP) is 3.95. The molecule has 9 nitrogen and oxygen atoms in total. The molecule has 2 heterocycles. The molecule has 1 aliphatic rings. The van der Waals surface area contributed by atoms with Crippen LogP contribution in [0.25, 0.3) is 28.0 Å². The van der Waals surface area contributed by atoms with Crippen molar-refractivity contribution in [2.75, 3.05) is 0 Å². The standard InChI is InChI=1S/C29H34ClFN8O/c1-16(32)3-2-4-18-9-23(26(31)24(30)10-18)25-11-19-15-39(29(40)38-27(19)37-25)22-7-5-17(6-8-22)14-35-20-12-21(13-20)36-28(33)34/h5-11,15-16,20-21,35H,2-4,12-14,32H2,1H3,(H4,33,34,36)(H,37,38,40)/t16-,20?,21?/m0/s1. The summed E-state index contributed by atoms with van der Waals surface area (Å²) in [7, 11) is 0. The Morgan fingerprint density at radius 3 is 2.67 bits per heavy atom. The summed E-state index contributed by atoms with van der Waals surface area (Å²) in [6.45, 7) is 2.66. The zero-order valence-corrected chi connectivity index (χ0v) is 23.1. The van der Waals surface area contributed by atoms with Crippen molar-refractivity contribution >= 4 is 28.6 Å². The zero-order chi connectivity index (χ0) is 28.4. The molecule has 0 unspecified atom stereocenters. The Hall–Kier alpha value is -3.73. The lowest BCUT2D eigenvalue weighted by molar-refractivity contribution is 0.270. The number of halogens is 2.